The van der Waals surface area contributed by atoms with Gasteiger partial charge in [-0.15, -0.1) is 11.3 Å². The first kappa shape index (κ1) is 13.0. The molecule has 0 aliphatic heterocycles. The SMILES string of the molecule is CCC(C)n1nc(COC)c2cc(C(=O)O)sc21. The quantitative estimate of drug-likeness (QED) is 0.905. The van der Waals surface area contributed by atoms with E-state index in [1.165, 1.54) is 11.3 Å². The third-order valence-electron chi connectivity index (χ3n) is 2.96. The second-order valence-electron chi connectivity index (χ2n) is 4.22. The highest BCUT2D eigenvalue weighted by molar-refractivity contribution is 7.20. The van der Waals surface area contributed by atoms with Crippen LogP contribution in [0.4, 0.5) is 0 Å². The molecule has 5 nitrogen and oxygen atoms in total. The number of carboxylic acid groups (broad SMARTS) is 1. The highest BCUT2D eigenvalue weighted by Crippen LogP contribution is 2.31. The smallest absolute Gasteiger partial charge is 0.345 e. The van der Waals surface area contributed by atoms with Crippen LogP contribution in [0.15, 0.2) is 6.07 Å². The molecule has 98 valence electrons. The van der Waals surface area contributed by atoms with Gasteiger partial charge in [0.2, 0.25) is 0 Å². The zero-order valence-electron chi connectivity index (χ0n) is 10.6. The number of aromatic carboxylic acids is 1. The lowest BCUT2D eigenvalue weighted by molar-refractivity contribution is 0.0702. The van der Waals surface area contributed by atoms with E-state index in [1.54, 1.807) is 13.2 Å². The van der Waals surface area contributed by atoms with E-state index in [4.69, 9.17) is 9.84 Å². The summed E-state index contributed by atoms with van der Waals surface area (Å²) in [5.41, 5.74) is 0.802. The fourth-order valence-corrected chi connectivity index (χ4v) is 2.88. The van der Waals surface area contributed by atoms with E-state index in [1.807, 2.05) is 4.68 Å². The van der Waals surface area contributed by atoms with Crippen LogP contribution in [-0.4, -0.2) is 28.0 Å². The summed E-state index contributed by atoms with van der Waals surface area (Å²) in [5, 5.41) is 14.5. The van der Waals surface area contributed by atoms with E-state index in [2.05, 4.69) is 18.9 Å². The zero-order valence-corrected chi connectivity index (χ0v) is 11.5. The van der Waals surface area contributed by atoms with Gasteiger partial charge in [0.25, 0.3) is 0 Å². The predicted octanol–water partition coefficient (Wildman–Crippen LogP) is 2.91. The van der Waals surface area contributed by atoms with E-state index in [0.29, 0.717) is 11.5 Å². The van der Waals surface area contributed by atoms with E-state index < -0.39 is 5.97 Å². The molecular formula is C12H16N2O3S. The fraction of sp³-hybridized carbons (Fsp3) is 0.500. The number of methoxy groups -OCH3 is 1. The van der Waals surface area contributed by atoms with Crippen molar-refractivity contribution in [3.63, 3.8) is 0 Å². The van der Waals surface area contributed by atoms with Crippen molar-refractivity contribution in [2.24, 2.45) is 0 Å². The molecule has 0 radical (unpaired) electrons. The number of thiophene rings is 1. The molecule has 0 fully saturated rings. The first-order chi connectivity index (χ1) is 8.58. The minimum absolute atomic E-state index is 0.249. The van der Waals surface area contributed by atoms with Crippen molar-refractivity contribution in [2.45, 2.75) is 32.9 Å². The molecule has 0 saturated carbocycles. The molecule has 2 aromatic heterocycles. The Kier molecular flexibility index (Phi) is 3.68. The lowest BCUT2D eigenvalue weighted by Crippen LogP contribution is -2.05. The average molecular weight is 268 g/mol. The second-order valence-corrected chi connectivity index (χ2v) is 5.25. The van der Waals surface area contributed by atoms with Gasteiger partial charge >= 0.3 is 5.97 Å². The van der Waals surface area contributed by atoms with Gasteiger partial charge in [0.15, 0.2) is 0 Å². The summed E-state index contributed by atoms with van der Waals surface area (Å²) in [6.07, 6.45) is 0.948. The van der Waals surface area contributed by atoms with Gasteiger partial charge in [-0.1, -0.05) is 6.92 Å². The minimum atomic E-state index is -0.893. The molecule has 1 atom stereocenters. The van der Waals surface area contributed by atoms with E-state index >= 15 is 0 Å². The van der Waals surface area contributed by atoms with Gasteiger partial charge in [-0.25, -0.2) is 4.79 Å². The number of carbonyl (C=O) groups is 1. The van der Waals surface area contributed by atoms with E-state index in [0.717, 1.165) is 22.3 Å². The number of hydrogen-bond acceptors (Lipinski definition) is 4. The normalized spacial score (nSPS) is 13.1. The Morgan fingerprint density at radius 2 is 2.39 bits per heavy atom. The van der Waals surface area contributed by atoms with Crippen LogP contribution >= 0.6 is 11.3 Å². The first-order valence-corrected chi connectivity index (χ1v) is 6.63. The Morgan fingerprint density at radius 3 is 2.94 bits per heavy atom. The molecule has 1 N–H and O–H groups in total. The Bertz CT molecular complexity index is 573. The summed E-state index contributed by atoms with van der Waals surface area (Å²) in [6.45, 7) is 4.55. The Morgan fingerprint density at radius 1 is 1.67 bits per heavy atom. The molecule has 2 heterocycles. The van der Waals surface area contributed by atoms with Crippen molar-refractivity contribution in [1.82, 2.24) is 9.78 Å². The van der Waals surface area contributed by atoms with Crippen LogP contribution < -0.4 is 0 Å². The van der Waals surface area contributed by atoms with Crippen molar-refractivity contribution in [2.75, 3.05) is 7.11 Å². The Balaban J connectivity index is 2.59. The van der Waals surface area contributed by atoms with Crippen molar-refractivity contribution >= 4 is 27.5 Å². The predicted molar refractivity (Wildman–Crippen MR) is 70.3 cm³/mol. The molecule has 18 heavy (non-hydrogen) atoms. The minimum Gasteiger partial charge on any atom is -0.477 e. The maximum atomic E-state index is 11.0. The second kappa shape index (κ2) is 5.07. The van der Waals surface area contributed by atoms with Crippen LogP contribution in [0.2, 0.25) is 0 Å². The van der Waals surface area contributed by atoms with Gasteiger partial charge < -0.3 is 9.84 Å². The van der Waals surface area contributed by atoms with Crippen LogP contribution in [0.5, 0.6) is 0 Å². The van der Waals surface area contributed by atoms with Gasteiger partial charge in [0.1, 0.15) is 9.71 Å². The lowest BCUT2D eigenvalue weighted by atomic mass is 10.2. The molecule has 0 saturated heterocycles. The Hall–Kier alpha value is -1.40. The topological polar surface area (TPSA) is 64.4 Å². The number of carboxylic acids is 1. The van der Waals surface area contributed by atoms with Crippen LogP contribution in [0.25, 0.3) is 10.2 Å². The van der Waals surface area contributed by atoms with Gasteiger partial charge in [-0.3, -0.25) is 4.68 Å². The number of rotatable bonds is 5. The number of nitrogens with zero attached hydrogens (tertiary/aromatic N) is 2. The molecule has 2 rings (SSSR count). The molecular weight excluding hydrogens is 252 g/mol. The summed E-state index contributed by atoms with van der Waals surface area (Å²) in [4.78, 5) is 12.3. The fourth-order valence-electron chi connectivity index (χ4n) is 1.81. The number of aromatic nitrogens is 2. The molecule has 0 amide bonds. The first-order valence-electron chi connectivity index (χ1n) is 5.81. The molecule has 0 aliphatic carbocycles. The largest absolute Gasteiger partial charge is 0.477 e. The summed E-state index contributed by atoms with van der Waals surface area (Å²) < 4.78 is 7.02. The van der Waals surface area contributed by atoms with Crippen molar-refractivity contribution in [3.05, 3.63) is 16.6 Å². The molecule has 2 aromatic rings. The zero-order chi connectivity index (χ0) is 13.3. The highest BCUT2D eigenvalue weighted by Gasteiger charge is 2.19. The number of hydrogen-bond donors (Lipinski definition) is 1. The van der Waals surface area contributed by atoms with Crippen LogP contribution in [-0.2, 0) is 11.3 Å². The number of ether oxygens (including phenoxy) is 1. The third-order valence-corrected chi connectivity index (χ3v) is 4.07. The van der Waals surface area contributed by atoms with Gasteiger partial charge in [-0.2, -0.15) is 5.10 Å². The van der Waals surface area contributed by atoms with Crippen LogP contribution in [0, 0.1) is 0 Å². The molecule has 0 spiro atoms. The molecule has 0 aromatic carbocycles. The van der Waals surface area contributed by atoms with Crippen molar-refractivity contribution in [1.29, 1.82) is 0 Å². The number of fused-ring (bicyclic) bond motifs is 1. The summed E-state index contributed by atoms with van der Waals surface area (Å²) in [6, 6.07) is 1.93. The molecule has 1 unspecified atom stereocenters. The van der Waals surface area contributed by atoms with Crippen molar-refractivity contribution in [3.8, 4) is 0 Å². The molecule has 0 bridgehead atoms. The summed E-state index contributed by atoms with van der Waals surface area (Å²) >= 11 is 1.27. The van der Waals surface area contributed by atoms with Crippen LogP contribution in [0.1, 0.15) is 41.7 Å². The van der Waals surface area contributed by atoms with Crippen molar-refractivity contribution < 1.29 is 14.6 Å². The van der Waals surface area contributed by atoms with Crippen LogP contribution in [0.3, 0.4) is 0 Å². The molecule has 6 heteroatoms. The van der Waals surface area contributed by atoms with Gasteiger partial charge in [0.05, 0.1) is 18.3 Å². The summed E-state index contributed by atoms with van der Waals surface area (Å²) in [5.74, 6) is -0.893. The van der Waals surface area contributed by atoms with Gasteiger partial charge in [-0.05, 0) is 19.4 Å². The summed E-state index contributed by atoms with van der Waals surface area (Å²) in [7, 11) is 1.61. The average Bonchev–Trinajstić information content (AvgIpc) is 2.89. The monoisotopic (exact) mass is 268 g/mol. The maximum absolute atomic E-state index is 11.0. The highest BCUT2D eigenvalue weighted by atomic mass is 32.1. The molecule has 0 aliphatic rings. The van der Waals surface area contributed by atoms with E-state index in [-0.39, 0.29) is 6.04 Å². The van der Waals surface area contributed by atoms with Gasteiger partial charge in [0, 0.05) is 12.5 Å². The standard InChI is InChI=1S/C12H16N2O3S/c1-4-7(2)14-11-8(9(13-14)6-17-3)5-10(18-11)12(15)16/h5,7H,4,6H2,1-3H3,(H,15,16). The third kappa shape index (κ3) is 2.13. The lowest BCUT2D eigenvalue weighted by Gasteiger charge is -2.09. The van der Waals surface area contributed by atoms with E-state index in [9.17, 15) is 4.79 Å². The Labute approximate surface area is 109 Å². The maximum Gasteiger partial charge on any atom is 0.345 e.